The summed E-state index contributed by atoms with van der Waals surface area (Å²) in [5.74, 6) is 1.52. The first-order valence-corrected chi connectivity index (χ1v) is 8.05. The lowest BCUT2D eigenvalue weighted by Gasteiger charge is -2.15. The fraction of sp³-hybridized carbons (Fsp3) is 0.562. The number of nitrogens with one attached hydrogen (secondary N) is 2. The predicted molar refractivity (Wildman–Crippen MR) is 92.0 cm³/mol. The molecule has 1 rings (SSSR count). The lowest BCUT2D eigenvalue weighted by molar-refractivity contribution is 0.152. The van der Waals surface area contributed by atoms with Crippen LogP contribution in [0.4, 0.5) is 0 Å². The van der Waals surface area contributed by atoms with Crippen molar-refractivity contribution < 1.29 is 9.47 Å². The number of rotatable bonds is 9. The topological polar surface area (TPSA) is 54.9 Å². The van der Waals surface area contributed by atoms with Gasteiger partial charge in [-0.3, -0.25) is 0 Å². The van der Waals surface area contributed by atoms with Crippen LogP contribution in [0.1, 0.15) is 20.8 Å². The molecular weight excluding hydrogens is 302 g/mol. The van der Waals surface area contributed by atoms with Gasteiger partial charge in [-0.25, -0.2) is 4.99 Å². The Morgan fingerprint density at radius 2 is 2.14 bits per heavy atom. The van der Waals surface area contributed by atoms with Crippen LogP contribution in [0, 0.1) is 0 Å². The maximum atomic E-state index is 5.94. The van der Waals surface area contributed by atoms with Gasteiger partial charge in [0.2, 0.25) is 0 Å². The molecule has 0 amide bonds. The van der Waals surface area contributed by atoms with Crippen molar-refractivity contribution >= 4 is 17.6 Å². The normalized spacial score (nSPS) is 12.8. The van der Waals surface area contributed by atoms with Crippen LogP contribution >= 0.6 is 11.6 Å². The third kappa shape index (κ3) is 8.10. The molecular formula is C16H26ClN3O2. The first-order valence-electron chi connectivity index (χ1n) is 7.67. The Bertz CT molecular complexity index is 455. The highest BCUT2D eigenvalue weighted by Crippen LogP contribution is 2.18. The minimum Gasteiger partial charge on any atom is -0.489 e. The Kier molecular flexibility index (Phi) is 9.42. The Hall–Kier alpha value is -1.46. The van der Waals surface area contributed by atoms with Gasteiger partial charge in [-0.1, -0.05) is 17.7 Å². The summed E-state index contributed by atoms with van der Waals surface area (Å²) >= 11 is 5.94. The summed E-state index contributed by atoms with van der Waals surface area (Å²) < 4.78 is 11.1. The van der Waals surface area contributed by atoms with Gasteiger partial charge in [0, 0.05) is 24.7 Å². The summed E-state index contributed by atoms with van der Waals surface area (Å²) in [6.45, 7) is 9.47. The molecule has 0 aliphatic carbocycles. The van der Waals surface area contributed by atoms with Crippen molar-refractivity contribution in [2.45, 2.75) is 26.9 Å². The molecule has 124 valence electrons. The van der Waals surface area contributed by atoms with E-state index in [-0.39, 0.29) is 6.10 Å². The second-order valence-corrected chi connectivity index (χ2v) is 5.17. The fourth-order valence-electron chi connectivity index (χ4n) is 1.76. The van der Waals surface area contributed by atoms with Gasteiger partial charge in [0.15, 0.2) is 5.96 Å². The van der Waals surface area contributed by atoms with Crippen LogP contribution < -0.4 is 15.4 Å². The van der Waals surface area contributed by atoms with Gasteiger partial charge in [-0.15, -0.1) is 0 Å². The van der Waals surface area contributed by atoms with Gasteiger partial charge in [0.1, 0.15) is 11.9 Å². The molecule has 22 heavy (non-hydrogen) atoms. The summed E-state index contributed by atoms with van der Waals surface area (Å²) in [5.41, 5.74) is 0. The van der Waals surface area contributed by atoms with Gasteiger partial charge in [0.25, 0.3) is 0 Å². The molecule has 1 aromatic carbocycles. The van der Waals surface area contributed by atoms with E-state index in [9.17, 15) is 0 Å². The predicted octanol–water partition coefficient (Wildman–Crippen LogP) is 2.70. The molecule has 0 radical (unpaired) electrons. The highest BCUT2D eigenvalue weighted by molar-refractivity contribution is 6.30. The van der Waals surface area contributed by atoms with Crippen molar-refractivity contribution in [2.24, 2.45) is 4.99 Å². The van der Waals surface area contributed by atoms with Crippen LogP contribution in [-0.2, 0) is 4.74 Å². The van der Waals surface area contributed by atoms with E-state index in [4.69, 9.17) is 21.1 Å². The Balaban J connectivity index is 2.43. The average molecular weight is 328 g/mol. The molecule has 0 saturated carbocycles. The molecule has 2 N–H and O–H groups in total. The van der Waals surface area contributed by atoms with Crippen LogP contribution in [0.15, 0.2) is 29.3 Å². The molecule has 1 aromatic rings. The molecule has 0 aromatic heterocycles. The summed E-state index contributed by atoms with van der Waals surface area (Å²) in [6, 6.07) is 7.38. The van der Waals surface area contributed by atoms with Crippen LogP contribution in [0.5, 0.6) is 5.75 Å². The van der Waals surface area contributed by atoms with E-state index in [1.54, 1.807) is 6.07 Å². The zero-order valence-corrected chi connectivity index (χ0v) is 14.3. The second-order valence-electron chi connectivity index (χ2n) is 4.73. The van der Waals surface area contributed by atoms with E-state index in [1.807, 2.05) is 39.0 Å². The van der Waals surface area contributed by atoms with E-state index >= 15 is 0 Å². The first kappa shape index (κ1) is 18.6. The van der Waals surface area contributed by atoms with E-state index < -0.39 is 0 Å². The van der Waals surface area contributed by atoms with Gasteiger partial charge in [-0.05, 0) is 39.0 Å². The van der Waals surface area contributed by atoms with E-state index in [2.05, 4.69) is 15.6 Å². The molecule has 0 spiro atoms. The van der Waals surface area contributed by atoms with Crippen LogP contribution in [0.2, 0.25) is 5.02 Å². The molecule has 1 unspecified atom stereocenters. The van der Waals surface area contributed by atoms with Crippen molar-refractivity contribution in [1.29, 1.82) is 0 Å². The average Bonchev–Trinajstić information content (AvgIpc) is 2.49. The van der Waals surface area contributed by atoms with Gasteiger partial charge in [0.05, 0.1) is 13.2 Å². The third-order valence-corrected chi connectivity index (χ3v) is 2.96. The molecule has 0 aliphatic heterocycles. The van der Waals surface area contributed by atoms with Gasteiger partial charge >= 0.3 is 0 Å². The molecule has 5 nitrogen and oxygen atoms in total. The van der Waals surface area contributed by atoms with E-state index in [0.717, 1.165) is 31.4 Å². The number of hydrogen-bond acceptors (Lipinski definition) is 3. The van der Waals surface area contributed by atoms with Crippen molar-refractivity contribution in [3.63, 3.8) is 0 Å². The Labute approximate surface area is 138 Å². The van der Waals surface area contributed by atoms with Crippen LogP contribution in [0.25, 0.3) is 0 Å². The molecule has 6 heteroatoms. The molecule has 0 saturated heterocycles. The largest absolute Gasteiger partial charge is 0.489 e. The molecule has 0 fully saturated rings. The lowest BCUT2D eigenvalue weighted by Crippen LogP contribution is -2.39. The molecule has 0 heterocycles. The molecule has 1 atom stereocenters. The zero-order valence-electron chi connectivity index (χ0n) is 13.6. The van der Waals surface area contributed by atoms with E-state index in [1.165, 1.54) is 0 Å². The number of aliphatic imine (C=N–C) groups is 1. The zero-order chi connectivity index (χ0) is 16.2. The quantitative estimate of drug-likeness (QED) is 0.416. The second kappa shape index (κ2) is 11.2. The maximum Gasteiger partial charge on any atom is 0.191 e. The van der Waals surface area contributed by atoms with Crippen LogP contribution in [0.3, 0.4) is 0 Å². The van der Waals surface area contributed by atoms with E-state index in [0.29, 0.717) is 18.2 Å². The molecule has 0 bridgehead atoms. The van der Waals surface area contributed by atoms with Crippen molar-refractivity contribution in [2.75, 3.05) is 32.8 Å². The van der Waals surface area contributed by atoms with Gasteiger partial charge in [-0.2, -0.15) is 0 Å². The lowest BCUT2D eigenvalue weighted by atomic mass is 10.3. The van der Waals surface area contributed by atoms with Crippen molar-refractivity contribution in [1.82, 2.24) is 10.6 Å². The summed E-state index contributed by atoms with van der Waals surface area (Å²) in [6.07, 6.45) is -0.0409. The smallest absolute Gasteiger partial charge is 0.191 e. The first-order chi connectivity index (χ1) is 10.7. The van der Waals surface area contributed by atoms with Crippen molar-refractivity contribution in [3.8, 4) is 5.75 Å². The summed E-state index contributed by atoms with van der Waals surface area (Å²) in [4.78, 5) is 4.51. The third-order valence-electron chi connectivity index (χ3n) is 2.73. The minimum atomic E-state index is -0.0409. The standard InChI is InChI=1S/C16H26ClN3O2/c1-4-18-16(19-9-10-21-5-2)20-12-13(3)22-15-8-6-7-14(17)11-15/h6-8,11,13H,4-5,9-10,12H2,1-3H3,(H2,18,19,20). The summed E-state index contributed by atoms with van der Waals surface area (Å²) in [7, 11) is 0. The number of guanidine groups is 1. The number of ether oxygens (including phenoxy) is 2. The fourth-order valence-corrected chi connectivity index (χ4v) is 1.94. The number of benzene rings is 1. The number of hydrogen-bond donors (Lipinski definition) is 2. The minimum absolute atomic E-state index is 0.0409. The maximum absolute atomic E-state index is 5.94. The number of halogens is 1. The van der Waals surface area contributed by atoms with Crippen LogP contribution in [-0.4, -0.2) is 44.9 Å². The van der Waals surface area contributed by atoms with Gasteiger partial charge < -0.3 is 20.1 Å². The monoisotopic (exact) mass is 327 g/mol. The molecule has 0 aliphatic rings. The van der Waals surface area contributed by atoms with Crippen molar-refractivity contribution in [3.05, 3.63) is 29.3 Å². The summed E-state index contributed by atoms with van der Waals surface area (Å²) in [5, 5.41) is 7.08. The SMILES string of the molecule is CCNC(=NCC(C)Oc1cccc(Cl)c1)NCCOCC. The highest BCUT2D eigenvalue weighted by atomic mass is 35.5. The highest BCUT2D eigenvalue weighted by Gasteiger charge is 2.05. The Morgan fingerprint density at radius 3 is 2.82 bits per heavy atom. The number of nitrogens with zero attached hydrogens (tertiary/aromatic N) is 1. The Morgan fingerprint density at radius 1 is 1.32 bits per heavy atom.